The molecule has 0 spiro atoms. The van der Waals surface area contributed by atoms with Crippen LogP contribution in [0, 0.1) is 27.7 Å². The molecule has 0 aliphatic carbocycles. The molecule has 0 saturated carbocycles. The molecule has 0 aliphatic heterocycles. The fourth-order valence-corrected chi connectivity index (χ4v) is 2.78. The molecule has 0 atom stereocenters. The van der Waals surface area contributed by atoms with Crippen molar-refractivity contribution in [2.45, 2.75) is 54.4 Å². The van der Waals surface area contributed by atoms with Crippen LogP contribution in [-0.2, 0) is 0 Å². The Morgan fingerprint density at radius 2 is 1.37 bits per heavy atom. The van der Waals surface area contributed by atoms with Crippen LogP contribution in [0.5, 0.6) is 0 Å². The highest BCUT2D eigenvalue weighted by atomic mass is 16.4. The predicted octanol–water partition coefficient (Wildman–Crippen LogP) is 4.82. The quantitative estimate of drug-likeness (QED) is 0.842. The van der Waals surface area contributed by atoms with Crippen LogP contribution in [0.3, 0.4) is 0 Å². The summed E-state index contributed by atoms with van der Waals surface area (Å²) in [7, 11) is 0. The molecular weight excluding hydrogens is 236 g/mol. The Bertz CT molecular complexity index is 508. The van der Waals surface area contributed by atoms with Gasteiger partial charge in [-0.1, -0.05) is 19.9 Å². The maximum Gasteiger partial charge on any atom is 0.336 e. The van der Waals surface area contributed by atoms with Crippen molar-refractivity contribution in [3.8, 4) is 0 Å². The summed E-state index contributed by atoms with van der Waals surface area (Å²) in [5, 5.41) is 9.37. The molecule has 1 N–H and O–H groups in total. The Labute approximate surface area is 116 Å². The van der Waals surface area contributed by atoms with Gasteiger partial charge >= 0.3 is 5.97 Å². The van der Waals surface area contributed by atoms with E-state index in [2.05, 4.69) is 19.9 Å². The zero-order valence-electron chi connectivity index (χ0n) is 12.8. The van der Waals surface area contributed by atoms with Gasteiger partial charge in [-0.2, -0.15) is 0 Å². The molecule has 0 amide bonds. The molecule has 1 aromatic rings. The summed E-state index contributed by atoms with van der Waals surface area (Å²) in [4.78, 5) is 11.4. The maximum atomic E-state index is 11.4. The van der Waals surface area contributed by atoms with Crippen molar-refractivity contribution in [3.05, 3.63) is 39.5 Å². The van der Waals surface area contributed by atoms with E-state index >= 15 is 0 Å². The van der Waals surface area contributed by atoms with Crippen LogP contribution in [0.4, 0.5) is 0 Å². The van der Waals surface area contributed by atoms with E-state index in [0.29, 0.717) is 5.56 Å². The van der Waals surface area contributed by atoms with Crippen molar-refractivity contribution in [2.24, 2.45) is 0 Å². The summed E-state index contributed by atoms with van der Waals surface area (Å²) in [6.45, 7) is 12.2. The van der Waals surface area contributed by atoms with Crippen LogP contribution >= 0.6 is 0 Å². The van der Waals surface area contributed by atoms with Crippen LogP contribution < -0.4 is 0 Å². The number of carbonyl (C=O) groups is 1. The summed E-state index contributed by atoms with van der Waals surface area (Å²) in [6.07, 6.45) is 4.22. The monoisotopic (exact) mass is 260 g/mol. The number of hydrogen-bond donors (Lipinski definition) is 1. The molecule has 2 heteroatoms. The van der Waals surface area contributed by atoms with Gasteiger partial charge in [-0.05, 0) is 73.9 Å². The summed E-state index contributed by atoms with van der Waals surface area (Å²) in [6, 6.07) is 0. The van der Waals surface area contributed by atoms with Crippen molar-refractivity contribution < 1.29 is 9.90 Å². The number of carboxylic acid groups (broad SMARTS) is 1. The molecule has 1 aromatic carbocycles. The third-order valence-corrected chi connectivity index (χ3v) is 3.99. The summed E-state index contributed by atoms with van der Waals surface area (Å²) >= 11 is 0. The van der Waals surface area contributed by atoms with E-state index in [0.717, 1.165) is 35.1 Å². The van der Waals surface area contributed by atoms with E-state index in [1.165, 1.54) is 11.1 Å². The standard InChI is InChI=1S/C17H24O2/c1-7-9-14(8-2)15-10(3)12(5)16(17(18)19)13(6)11(15)4/h9H,7-8H2,1-6H3,(H,18,19). The van der Waals surface area contributed by atoms with Crippen LogP contribution in [0.2, 0.25) is 0 Å². The first-order valence-corrected chi connectivity index (χ1v) is 6.89. The molecule has 0 bridgehead atoms. The smallest absolute Gasteiger partial charge is 0.336 e. The molecule has 0 fully saturated rings. The minimum absolute atomic E-state index is 0.464. The molecule has 2 nitrogen and oxygen atoms in total. The minimum atomic E-state index is -0.828. The lowest BCUT2D eigenvalue weighted by Crippen LogP contribution is -2.09. The first-order chi connectivity index (χ1) is 8.86. The molecule has 1 rings (SSSR count). The number of allylic oxidation sites excluding steroid dienone is 2. The van der Waals surface area contributed by atoms with Crippen molar-refractivity contribution in [2.75, 3.05) is 0 Å². The van der Waals surface area contributed by atoms with Crippen molar-refractivity contribution in [3.63, 3.8) is 0 Å². The topological polar surface area (TPSA) is 37.3 Å². The van der Waals surface area contributed by atoms with Crippen molar-refractivity contribution >= 4 is 11.5 Å². The molecule has 0 aromatic heterocycles. The van der Waals surface area contributed by atoms with Gasteiger partial charge in [-0.3, -0.25) is 0 Å². The highest BCUT2D eigenvalue weighted by Crippen LogP contribution is 2.33. The second kappa shape index (κ2) is 6.05. The molecule has 19 heavy (non-hydrogen) atoms. The number of aromatic carboxylic acids is 1. The van der Waals surface area contributed by atoms with E-state index in [9.17, 15) is 9.90 Å². The maximum absolute atomic E-state index is 11.4. The molecule has 0 aliphatic rings. The molecule has 0 radical (unpaired) electrons. The summed E-state index contributed by atoms with van der Waals surface area (Å²) in [5.74, 6) is -0.828. The van der Waals surface area contributed by atoms with Crippen LogP contribution in [0.25, 0.3) is 5.57 Å². The predicted molar refractivity (Wildman–Crippen MR) is 80.9 cm³/mol. The van der Waals surface area contributed by atoms with Gasteiger partial charge in [-0.15, -0.1) is 0 Å². The van der Waals surface area contributed by atoms with Gasteiger partial charge in [0.15, 0.2) is 0 Å². The minimum Gasteiger partial charge on any atom is -0.478 e. The molecule has 104 valence electrons. The Kier molecular flexibility index (Phi) is 4.93. The van der Waals surface area contributed by atoms with Gasteiger partial charge in [0.25, 0.3) is 0 Å². The molecule has 0 saturated heterocycles. The van der Waals surface area contributed by atoms with Gasteiger partial charge < -0.3 is 5.11 Å². The SMILES string of the molecule is CCC=C(CC)c1c(C)c(C)c(C(=O)O)c(C)c1C. The third kappa shape index (κ3) is 2.73. The van der Waals surface area contributed by atoms with Gasteiger partial charge in [0.1, 0.15) is 0 Å². The lowest BCUT2D eigenvalue weighted by atomic mass is 9.84. The van der Waals surface area contributed by atoms with E-state index in [1.54, 1.807) is 0 Å². The number of rotatable bonds is 4. The second-order valence-corrected chi connectivity index (χ2v) is 5.05. The van der Waals surface area contributed by atoms with Crippen molar-refractivity contribution in [1.29, 1.82) is 0 Å². The lowest BCUT2D eigenvalue weighted by molar-refractivity contribution is 0.0695. The number of benzene rings is 1. The molecule has 0 unspecified atom stereocenters. The zero-order valence-corrected chi connectivity index (χ0v) is 12.8. The second-order valence-electron chi connectivity index (χ2n) is 5.05. The van der Waals surface area contributed by atoms with E-state index in [1.807, 2.05) is 27.7 Å². The van der Waals surface area contributed by atoms with Crippen LogP contribution in [0.15, 0.2) is 6.08 Å². The first-order valence-electron chi connectivity index (χ1n) is 6.89. The average Bonchev–Trinajstić information content (AvgIpc) is 2.35. The highest BCUT2D eigenvalue weighted by Gasteiger charge is 2.20. The largest absolute Gasteiger partial charge is 0.478 e. The molecule has 0 heterocycles. The Balaban J connectivity index is 3.70. The zero-order chi connectivity index (χ0) is 14.7. The van der Waals surface area contributed by atoms with Gasteiger partial charge in [-0.25, -0.2) is 4.79 Å². The van der Waals surface area contributed by atoms with Crippen LogP contribution in [-0.4, -0.2) is 11.1 Å². The van der Waals surface area contributed by atoms with Gasteiger partial charge in [0, 0.05) is 0 Å². The number of carboxylic acids is 1. The fourth-order valence-electron chi connectivity index (χ4n) is 2.78. The normalized spacial score (nSPS) is 11.8. The molecular formula is C17H24O2. The van der Waals surface area contributed by atoms with Gasteiger partial charge in [0.05, 0.1) is 5.56 Å². The lowest BCUT2D eigenvalue weighted by Gasteiger charge is -2.20. The summed E-state index contributed by atoms with van der Waals surface area (Å²) in [5.41, 5.74) is 7.00. The van der Waals surface area contributed by atoms with E-state index in [-0.39, 0.29) is 0 Å². The van der Waals surface area contributed by atoms with E-state index < -0.39 is 5.97 Å². The summed E-state index contributed by atoms with van der Waals surface area (Å²) < 4.78 is 0. The van der Waals surface area contributed by atoms with Crippen LogP contribution in [0.1, 0.15) is 64.9 Å². The first kappa shape index (κ1) is 15.5. The Hall–Kier alpha value is -1.57. The van der Waals surface area contributed by atoms with Gasteiger partial charge in [0.2, 0.25) is 0 Å². The van der Waals surface area contributed by atoms with E-state index in [4.69, 9.17) is 0 Å². The van der Waals surface area contributed by atoms with Crippen molar-refractivity contribution in [1.82, 2.24) is 0 Å². The Morgan fingerprint density at radius 1 is 0.947 bits per heavy atom. The fraction of sp³-hybridized carbons (Fsp3) is 0.471. The number of hydrogen-bond acceptors (Lipinski definition) is 1. The Morgan fingerprint density at radius 3 is 1.68 bits per heavy atom. The highest BCUT2D eigenvalue weighted by molar-refractivity contribution is 5.93. The average molecular weight is 260 g/mol. The third-order valence-electron chi connectivity index (χ3n) is 3.99.